The number of hydrogen-bond donors (Lipinski definition) is 0. The maximum absolute atomic E-state index is 12.7. The molecule has 3 heterocycles. The third kappa shape index (κ3) is 2.97. The van der Waals surface area contributed by atoms with Crippen LogP contribution in [0.5, 0.6) is 0 Å². The first kappa shape index (κ1) is 15.1. The van der Waals surface area contributed by atoms with Gasteiger partial charge in [0.2, 0.25) is 12.3 Å². The summed E-state index contributed by atoms with van der Waals surface area (Å²) >= 11 is 1.62. The van der Waals surface area contributed by atoms with E-state index in [1.54, 1.807) is 11.3 Å². The van der Waals surface area contributed by atoms with Crippen molar-refractivity contribution in [3.63, 3.8) is 0 Å². The average Bonchev–Trinajstić information content (AvgIpc) is 3.36. The molecule has 1 amide bonds. The van der Waals surface area contributed by atoms with Crippen molar-refractivity contribution in [3.8, 4) is 0 Å². The maximum Gasteiger partial charge on any atom is 0.227 e. The normalized spacial score (nSPS) is 20.4. The van der Waals surface area contributed by atoms with Crippen molar-refractivity contribution in [1.29, 1.82) is 0 Å². The highest BCUT2D eigenvalue weighted by molar-refractivity contribution is 7.08. The standard InChI is InChI=1S/C18H17N3O2S/c22-17(8-13-6-7-24-11-13)21-9-15(14-4-2-1-3-5-14)16(10-21)18-19-12-23-20-18/h1-7,11-12,15-16H,8-10H2/t15-,16+/m1/s1. The first-order valence-corrected chi connectivity index (χ1v) is 8.85. The van der Waals surface area contributed by atoms with E-state index < -0.39 is 0 Å². The number of hydrogen-bond acceptors (Lipinski definition) is 5. The van der Waals surface area contributed by atoms with Crippen LogP contribution in [0, 0.1) is 0 Å². The molecule has 1 fully saturated rings. The summed E-state index contributed by atoms with van der Waals surface area (Å²) in [7, 11) is 0. The number of rotatable bonds is 4. The molecule has 0 saturated carbocycles. The van der Waals surface area contributed by atoms with Crippen LogP contribution in [0.25, 0.3) is 0 Å². The Morgan fingerprint density at radius 2 is 2.04 bits per heavy atom. The molecule has 0 bridgehead atoms. The fourth-order valence-electron chi connectivity index (χ4n) is 3.33. The summed E-state index contributed by atoms with van der Waals surface area (Å²) in [6.07, 6.45) is 1.80. The number of carbonyl (C=O) groups is 1. The molecule has 6 heteroatoms. The van der Waals surface area contributed by atoms with Gasteiger partial charge in [-0.2, -0.15) is 16.3 Å². The molecule has 0 aliphatic carbocycles. The zero-order valence-corrected chi connectivity index (χ0v) is 13.9. The highest BCUT2D eigenvalue weighted by Crippen LogP contribution is 2.38. The molecule has 122 valence electrons. The molecule has 0 unspecified atom stereocenters. The Morgan fingerprint density at radius 1 is 1.21 bits per heavy atom. The molecule has 1 saturated heterocycles. The Balaban J connectivity index is 1.57. The SMILES string of the molecule is O=C(Cc1ccsc1)N1C[C@H](c2ccccc2)[C@@H](c2ncon2)C1. The van der Waals surface area contributed by atoms with E-state index in [1.807, 2.05) is 39.9 Å². The summed E-state index contributed by atoms with van der Waals surface area (Å²) in [6, 6.07) is 12.3. The first-order chi connectivity index (χ1) is 11.8. The molecular weight excluding hydrogens is 322 g/mol. The van der Waals surface area contributed by atoms with E-state index in [0.29, 0.717) is 25.3 Å². The fourth-order valence-corrected chi connectivity index (χ4v) is 4.00. The molecule has 24 heavy (non-hydrogen) atoms. The van der Waals surface area contributed by atoms with Gasteiger partial charge in [-0.15, -0.1) is 0 Å². The average molecular weight is 339 g/mol. The topological polar surface area (TPSA) is 59.2 Å². The van der Waals surface area contributed by atoms with Gasteiger partial charge in [0.25, 0.3) is 0 Å². The minimum Gasteiger partial charge on any atom is -0.343 e. The predicted molar refractivity (Wildman–Crippen MR) is 90.8 cm³/mol. The lowest BCUT2D eigenvalue weighted by Crippen LogP contribution is -2.30. The van der Waals surface area contributed by atoms with E-state index in [1.165, 1.54) is 12.0 Å². The number of nitrogens with zero attached hydrogens (tertiary/aromatic N) is 3. The third-order valence-electron chi connectivity index (χ3n) is 4.55. The molecule has 2 atom stereocenters. The van der Waals surface area contributed by atoms with Gasteiger partial charge in [0.1, 0.15) is 0 Å². The van der Waals surface area contributed by atoms with Gasteiger partial charge in [-0.05, 0) is 28.0 Å². The summed E-state index contributed by atoms with van der Waals surface area (Å²) < 4.78 is 4.93. The van der Waals surface area contributed by atoms with Crippen molar-refractivity contribution in [1.82, 2.24) is 15.0 Å². The van der Waals surface area contributed by atoms with Crippen LogP contribution in [0.1, 0.15) is 28.8 Å². The van der Waals surface area contributed by atoms with E-state index >= 15 is 0 Å². The molecule has 1 aliphatic heterocycles. The lowest BCUT2D eigenvalue weighted by molar-refractivity contribution is -0.129. The van der Waals surface area contributed by atoms with Crippen LogP contribution in [0.4, 0.5) is 0 Å². The molecule has 3 aromatic rings. The summed E-state index contributed by atoms with van der Waals surface area (Å²) in [5.74, 6) is 1.09. The first-order valence-electron chi connectivity index (χ1n) is 7.91. The summed E-state index contributed by atoms with van der Waals surface area (Å²) in [5.41, 5.74) is 2.28. The van der Waals surface area contributed by atoms with Crippen LogP contribution < -0.4 is 0 Å². The second-order valence-corrected chi connectivity index (χ2v) is 6.80. The predicted octanol–water partition coefficient (Wildman–Crippen LogP) is 3.08. The number of likely N-dealkylation sites (tertiary alicyclic amines) is 1. The van der Waals surface area contributed by atoms with Gasteiger partial charge in [0.05, 0.1) is 6.42 Å². The summed E-state index contributed by atoms with van der Waals surface area (Å²) in [5, 5.41) is 8.05. The summed E-state index contributed by atoms with van der Waals surface area (Å²) in [4.78, 5) is 18.8. The quantitative estimate of drug-likeness (QED) is 0.733. The molecule has 0 N–H and O–H groups in total. The monoisotopic (exact) mass is 339 g/mol. The zero-order valence-electron chi connectivity index (χ0n) is 13.0. The van der Waals surface area contributed by atoms with Crippen LogP contribution >= 0.6 is 11.3 Å². The van der Waals surface area contributed by atoms with Gasteiger partial charge in [-0.1, -0.05) is 35.5 Å². The Hall–Kier alpha value is -2.47. The van der Waals surface area contributed by atoms with Gasteiger partial charge in [0.15, 0.2) is 5.82 Å². The van der Waals surface area contributed by atoms with Crippen molar-refractivity contribution in [2.75, 3.05) is 13.1 Å². The number of aromatic nitrogens is 2. The lowest BCUT2D eigenvalue weighted by atomic mass is 9.88. The number of benzene rings is 1. The van der Waals surface area contributed by atoms with E-state index in [-0.39, 0.29) is 17.7 Å². The zero-order chi connectivity index (χ0) is 16.4. The molecule has 5 nitrogen and oxygen atoms in total. The highest BCUT2D eigenvalue weighted by atomic mass is 32.1. The minimum atomic E-state index is 0.0672. The molecular formula is C18H17N3O2S. The summed E-state index contributed by atoms with van der Waals surface area (Å²) in [6.45, 7) is 1.31. The number of carbonyl (C=O) groups excluding carboxylic acids is 1. The maximum atomic E-state index is 12.7. The van der Waals surface area contributed by atoms with Crippen LogP contribution in [0.15, 0.2) is 58.1 Å². The van der Waals surface area contributed by atoms with Gasteiger partial charge < -0.3 is 9.42 Å². The van der Waals surface area contributed by atoms with E-state index in [9.17, 15) is 4.79 Å². The van der Waals surface area contributed by atoms with Crippen LogP contribution in [0.2, 0.25) is 0 Å². The number of amides is 1. The van der Waals surface area contributed by atoms with Gasteiger partial charge in [-0.3, -0.25) is 4.79 Å². The van der Waals surface area contributed by atoms with E-state index in [0.717, 1.165) is 5.56 Å². The van der Waals surface area contributed by atoms with Crippen LogP contribution in [-0.2, 0) is 11.2 Å². The van der Waals surface area contributed by atoms with E-state index in [2.05, 4.69) is 22.3 Å². The van der Waals surface area contributed by atoms with E-state index in [4.69, 9.17) is 4.52 Å². The lowest BCUT2D eigenvalue weighted by Gasteiger charge is -2.16. The van der Waals surface area contributed by atoms with Crippen LogP contribution in [-0.4, -0.2) is 34.0 Å². The van der Waals surface area contributed by atoms with Crippen molar-refractivity contribution in [3.05, 3.63) is 70.5 Å². The van der Waals surface area contributed by atoms with Crippen molar-refractivity contribution < 1.29 is 9.32 Å². The molecule has 0 spiro atoms. The second kappa shape index (κ2) is 6.57. The Morgan fingerprint density at radius 3 is 2.75 bits per heavy atom. The molecule has 1 aromatic carbocycles. The molecule has 1 aliphatic rings. The Kier molecular flexibility index (Phi) is 4.13. The molecule has 0 radical (unpaired) electrons. The third-order valence-corrected chi connectivity index (χ3v) is 5.28. The number of thiophene rings is 1. The smallest absolute Gasteiger partial charge is 0.227 e. The Labute approximate surface area is 143 Å². The van der Waals surface area contributed by atoms with Crippen molar-refractivity contribution in [2.24, 2.45) is 0 Å². The largest absolute Gasteiger partial charge is 0.343 e. The van der Waals surface area contributed by atoms with Gasteiger partial charge in [-0.25, -0.2) is 0 Å². The fraction of sp³-hybridized carbons (Fsp3) is 0.278. The highest BCUT2D eigenvalue weighted by Gasteiger charge is 2.39. The van der Waals surface area contributed by atoms with Crippen molar-refractivity contribution in [2.45, 2.75) is 18.3 Å². The Bertz CT molecular complexity index is 787. The molecule has 4 rings (SSSR count). The van der Waals surface area contributed by atoms with Crippen LogP contribution in [0.3, 0.4) is 0 Å². The van der Waals surface area contributed by atoms with Crippen molar-refractivity contribution >= 4 is 17.2 Å². The van der Waals surface area contributed by atoms with Gasteiger partial charge >= 0.3 is 0 Å². The minimum absolute atomic E-state index is 0.0672. The molecule has 2 aromatic heterocycles. The second-order valence-electron chi connectivity index (χ2n) is 6.02. The van der Waals surface area contributed by atoms with Gasteiger partial charge in [0, 0.05) is 24.9 Å².